The Labute approximate surface area is 144 Å². The zero-order chi connectivity index (χ0) is 16.9. The molecule has 1 aromatic heterocycles. The minimum atomic E-state index is -0.0398. The van der Waals surface area contributed by atoms with Crippen LogP contribution in [-0.2, 0) is 4.79 Å². The Hall–Kier alpha value is -2.41. The summed E-state index contributed by atoms with van der Waals surface area (Å²) in [5.41, 5.74) is 0.581. The van der Waals surface area contributed by atoms with E-state index in [1.54, 1.807) is 46.7 Å². The summed E-state index contributed by atoms with van der Waals surface area (Å²) in [6.07, 6.45) is 1.79. The molecule has 7 heteroatoms. The van der Waals surface area contributed by atoms with Crippen molar-refractivity contribution in [3.63, 3.8) is 0 Å². The molecule has 1 amide bonds. The van der Waals surface area contributed by atoms with Crippen LogP contribution in [0.5, 0.6) is 5.75 Å². The fraction of sp³-hybridized carbons (Fsp3) is 0.353. The Balaban J connectivity index is 1.49. The average molecular weight is 345 g/mol. The molecule has 6 nitrogen and oxygen atoms in total. The number of carbonyl (C=O) groups is 2. The van der Waals surface area contributed by atoms with Crippen LogP contribution in [0.3, 0.4) is 0 Å². The third-order valence-electron chi connectivity index (χ3n) is 3.93. The number of ketones is 1. The van der Waals surface area contributed by atoms with Crippen molar-refractivity contribution in [1.82, 2.24) is 9.88 Å². The maximum Gasteiger partial charge on any atom is 0.260 e. The minimum Gasteiger partial charge on any atom is -0.484 e. The summed E-state index contributed by atoms with van der Waals surface area (Å²) in [6.45, 7) is 4.37. The van der Waals surface area contributed by atoms with E-state index in [-0.39, 0.29) is 18.3 Å². The molecule has 0 aliphatic carbocycles. The SMILES string of the molecule is CC(=O)c1cccc(OCC(=O)N2CCN(c3nccs3)CC2)c1. The van der Waals surface area contributed by atoms with Crippen molar-refractivity contribution in [2.45, 2.75) is 6.92 Å². The molecule has 1 aromatic carbocycles. The van der Waals surface area contributed by atoms with E-state index >= 15 is 0 Å². The molecule has 2 heterocycles. The first-order valence-electron chi connectivity index (χ1n) is 7.79. The van der Waals surface area contributed by atoms with E-state index in [0.717, 1.165) is 18.2 Å². The van der Waals surface area contributed by atoms with E-state index in [0.29, 0.717) is 24.4 Å². The molecule has 1 saturated heterocycles. The normalized spacial score (nSPS) is 14.5. The van der Waals surface area contributed by atoms with Crippen molar-refractivity contribution in [2.75, 3.05) is 37.7 Å². The first kappa shape index (κ1) is 16.4. The van der Waals surface area contributed by atoms with Gasteiger partial charge in [-0.1, -0.05) is 12.1 Å². The number of benzene rings is 1. The Bertz CT molecular complexity index is 710. The molecule has 0 unspecified atom stereocenters. The van der Waals surface area contributed by atoms with Gasteiger partial charge in [0, 0.05) is 43.3 Å². The van der Waals surface area contributed by atoms with Gasteiger partial charge >= 0.3 is 0 Å². The molecule has 0 radical (unpaired) electrons. The standard InChI is InChI=1S/C17H19N3O3S/c1-13(21)14-3-2-4-15(11-14)23-12-16(22)19-6-8-20(9-7-19)17-18-5-10-24-17/h2-5,10-11H,6-9,12H2,1H3. The molecule has 1 aliphatic heterocycles. The van der Waals surface area contributed by atoms with Gasteiger partial charge in [0.2, 0.25) is 0 Å². The number of hydrogen-bond donors (Lipinski definition) is 0. The maximum absolute atomic E-state index is 12.3. The van der Waals surface area contributed by atoms with Crippen molar-refractivity contribution >= 4 is 28.2 Å². The van der Waals surface area contributed by atoms with Gasteiger partial charge in [-0.25, -0.2) is 4.98 Å². The molecular formula is C17H19N3O3S. The van der Waals surface area contributed by atoms with E-state index in [4.69, 9.17) is 4.74 Å². The number of carbonyl (C=O) groups excluding carboxylic acids is 2. The lowest BCUT2D eigenvalue weighted by Crippen LogP contribution is -2.50. The second-order valence-corrected chi connectivity index (χ2v) is 6.43. The largest absolute Gasteiger partial charge is 0.484 e. The Morgan fingerprint density at radius 2 is 2.04 bits per heavy atom. The molecule has 24 heavy (non-hydrogen) atoms. The molecule has 0 spiro atoms. The fourth-order valence-corrected chi connectivity index (χ4v) is 3.26. The number of amides is 1. The van der Waals surface area contributed by atoms with Crippen LogP contribution in [0.25, 0.3) is 0 Å². The lowest BCUT2D eigenvalue weighted by molar-refractivity contribution is -0.133. The Morgan fingerprint density at radius 1 is 1.25 bits per heavy atom. The zero-order valence-electron chi connectivity index (χ0n) is 13.5. The monoisotopic (exact) mass is 345 g/mol. The van der Waals surface area contributed by atoms with Gasteiger partial charge in [0.15, 0.2) is 17.5 Å². The highest BCUT2D eigenvalue weighted by atomic mass is 32.1. The molecule has 3 rings (SSSR count). The van der Waals surface area contributed by atoms with E-state index < -0.39 is 0 Å². The second-order valence-electron chi connectivity index (χ2n) is 5.56. The number of ether oxygens (including phenoxy) is 1. The van der Waals surface area contributed by atoms with Crippen molar-refractivity contribution in [1.29, 1.82) is 0 Å². The quantitative estimate of drug-likeness (QED) is 0.777. The van der Waals surface area contributed by atoms with Gasteiger partial charge in [0.1, 0.15) is 5.75 Å². The van der Waals surface area contributed by atoms with Crippen molar-refractivity contribution in [3.05, 3.63) is 41.4 Å². The summed E-state index contributed by atoms with van der Waals surface area (Å²) in [5, 5.41) is 2.95. The second kappa shape index (κ2) is 7.44. The number of aromatic nitrogens is 1. The predicted octanol–water partition coefficient (Wildman–Crippen LogP) is 2.07. The van der Waals surface area contributed by atoms with Gasteiger partial charge in [0.05, 0.1) is 0 Å². The molecule has 1 aliphatic rings. The molecule has 0 N–H and O–H groups in total. The molecule has 0 saturated carbocycles. The topological polar surface area (TPSA) is 62.7 Å². The van der Waals surface area contributed by atoms with E-state index in [1.807, 2.05) is 5.38 Å². The molecule has 2 aromatic rings. The molecule has 0 atom stereocenters. The van der Waals surface area contributed by atoms with Crippen LogP contribution in [-0.4, -0.2) is 54.4 Å². The maximum atomic E-state index is 12.3. The van der Waals surface area contributed by atoms with Gasteiger partial charge in [-0.3, -0.25) is 9.59 Å². The van der Waals surface area contributed by atoms with Crippen LogP contribution in [0.1, 0.15) is 17.3 Å². The van der Waals surface area contributed by atoms with Crippen LogP contribution >= 0.6 is 11.3 Å². The van der Waals surface area contributed by atoms with Crippen LogP contribution < -0.4 is 9.64 Å². The molecule has 126 valence electrons. The van der Waals surface area contributed by atoms with E-state index in [1.165, 1.54) is 6.92 Å². The molecular weight excluding hydrogens is 326 g/mol. The minimum absolute atomic E-state index is 0.0153. The number of anilines is 1. The number of thiazole rings is 1. The zero-order valence-corrected chi connectivity index (χ0v) is 14.3. The molecule has 0 bridgehead atoms. The Kier molecular flexibility index (Phi) is 5.10. The van der Waals surface area contributed by atoms with Gasteiger partial charge in [0.25, 0.3) is 5.91 Å². The first-order valence-corrected chi connectivity index (χ1v) is 8.67. The summed E-state index contributed by atoms with van der Waals surface area (Å²) in [7, 11) is 0. The number of rotatable bonds is 5. The van der Waals surface area contributed by atoms with Crippen LogP contribution in [0.15, 0.2) is 35.8 Å². The highest BCUT2D eigenvalue weighted by Gasteiger charge is 2.22. The summed E-state index contributed by atoms with van der Waals surface area (Å²) < 4.78 is 5.54. The number of Topliss-reactive ketones (excluding diaryl/α,β-unsaturated/α-hetero) is 1. The average Bonchev–Trinajstić information content (AvgIpc) is 3.14. The van der Waals surface area contributed by atoms with E-state index in [9.17, 15) is 9.59 Å². The third-order valence-corrected chi connectivity index (χ3v) is 4.76. The van der Waals surface area contributed by atoms with Crippen molar-refractivity contribution < 1.29 is 14.3 Å². The lowest BCUT2D eigenvalue weighted by Gasteiger charge is -2.34. The number of hydrogen-bond acceptors (Lipinski definition) is 6. The van der Waals surface area contributed by atoms with Crippen molar-refractivity contribution in [2.24, 2.45) is 0 Å². The number of piperazine rings is 1. The van der Waals surface area contributed by atoms with Crippen LogP contribution in [0.2, 0.25) is 0 Å². The Morgan fingerprint density at radius 3 is 2.71 bits per heavy atom. The smallest absolute Gasteiger partial charge is 0.260 e. The summed E-state index contributed by atoms with van der Waals surface area (Å²) in [6, 6.07) is 6.90. The van der Waals surface area contributed by atoms with Crippen molar-refractivity contribution in [3.8, 4) is 5.75 Å². The third kappa shape index (κ3) is 3.91. The van der Waals surface area contributed by atoms with E-state index in [2.05, 4.69) is 9.88 Å². The lowest BCUT2D eigenvalue weighted by atomic mass is 10.1. The summed E-state index contributed by atoms with van der Waals surface area (Å²) >= 11 is 1.61. The summed E-state index contributed by atoms with van der Waals surface area (Å²) in [5.74, 6) is 0.476. The molecule has 1 fully saturated rings. The first-order chi connectivity index (χ1) is 11.6. The van der Waals surface area contributed by atoms with Gasteiger partial charge in [-0.05, 0) is 19.1 Å². The highest BCUT2D eigenvalue weighted by Crippen LogP contribution is 2.19. The summed E-state index contributed by atoms with van der Waals surface area (Å²) in [4.78, 5) is 31.9. The van der Waals surface area contributed by atoms with Gasteiger partial charge in [-0.15, -0.1) is 11.3 Å². The van der Waals surface area contributed by atoms with Crippen LogP contribution in [0, 0.1) is 0 Å². The highest BCUT2D eigenvalue weighted by molar-refractivity contribution is 7.13. The van der Waals surface area contributed by atoms with Gasteiger partial charge in [-0.2, -0.15) is 0 Å². The predicted molar refractivity (Wildman–Crippen MR) is 92.8 cm³/mol. The van der Waals surface area contributed by atoms with Gasteiger partial charge < -0.3 is 14.5 Å². The fourth-order valence-electron chi connectivity index (χ4n) is 2.56. The number of nitrogens with zero attached hydrogens (tertiary/aromatic N) is 3. The van der Waals surface area contributed by atoms with Crippen LogP contribution in [0.4, 0.5) is 5.13 Å².